The fourth-order valence-corrected chi connectivity index (χ4v) is 0.616. The van der Waals surface area contributed by atoms with Crippen LogP contribution in [0.4, 0.5) is 0 Å². The number of hydrogen-bond acceptors (Lipinski definition) is 9. The molecule has 0 aliphatic carbocycles. The first kappa shape index (κ1) is 17.4. The smallest absolute Gasteiger partial charge is 0.281 e. The van der Waals surface area contributed by atoms with Crippen molar-refractivity contribution < 1.29 is 44.8 Å². The van der Waals surface area contributed by atoms with Crippen LogP contribution in [0.15, 0.2) is 0 Å². The van der Waals surface area contributed by atoms with Gasteiger partial charge in [-0.1, -0.05) is 0 Å². The van der Waals surface area contributed by atoms with Crippen molar-refractivity contribution in [3.05, 3.63) is 0 Å². The second-order valence-corrected chi connectivity index (χ2v) is 3.38. The minimum absolute atomic E-state index is 0.358. The molecule has 0 aliphatic heterocycles. The van der Waals surface area contributed by atoms with Gasteiger partial charge in [0.05, 0.1) is 13.2 Å². The zero-order valence-electron chi connectivity index (χ0n) is 9.89. The number of ketones is 1. The van der Waals surface area contributed by atoms with Crippen molar-refractivity contribution in [1.82, 2.24) is 0 Å². The van der Waals surface area contributed by atoms with Crippen LogP contribution in [-0.4, -0.2) is 71.1 Å². The zero-order valence-corrected chi connectivity index (χ0v) is 9.89. The number of carbonyl (C=O) groups is 1. The Morgan fingerprint density at radius 1 is 1.00 bits per heavy atom. The lowest BCUT2D eigenvalue weighted by Crippen LogP contribution is -2.30. The molecule has 0 radical (unpaired) electrons. The molecule has 0 fully saturated rings. The normalized spacial score (nSPS) is 16.3. The highest BCUT2D eigenvalue weighted by Gasteiger charge is 2.19. The third kappa shape index (κ3) is 8.44. The van der Waals surface area contributed by atoms with E-state index in [1.54, 1.807) is 0 Å². The number of aliphatic hydroxyl groups is 4. The van der Waals surface area contributed by atoms with Crippen LogP contribution in [0.5, 0.6) is 0 Å². The highest BCUT2D eigenvalue weighted by atomic mass is 17.3. The van der Waals surface area contributed by atoms with Crippen LogP contribution in [0.2, 0.25) is 0 Å². The fourth-order valence-electron chi connectivity index (χ4n) is 0.616. The average Bonchev–Trinajstić information content (AvgIpc) is 2.35. The lowest BCUT2D eigenvalue weighted by Gasteiger charge is -2.15. The molecule has 0 aliphatic rings. The summed E-state index contributed by atoms with van der Waals surface area (Å²) in [4.78, 5) is 28.9. The van der Waals surface area contributed by atoms with E-state index < -0.39 is 37.5 Å². The standard InChI is InChI=1S/C9H18O9/c1-6(12)9(17-15-4-7(13)2-10)18-16-5-8(14)3-11/h7-11,13-14H,2-5H2,1H3. The van der Waals surface area contributed by atoms with Crippen LogP contribution < -0.4 is 0 Å². The third-order valence-electron chi connectivity index (χ3n) is 1.59. The summed E-state index contributed by atoms with van der Waals surface area (Å²) in [5.74, 6) is -0.577. The Kier molecular flexibility index (Phi) is 9.92. The summed E-state index contributed by atoms with van der Waals surface area (Å²) >= 11 is 0. The number of carbonyl (C=O) groups excluding carboxylic acids is 1. The molecule has 0 amide bonds. The number of Topliss-reactive ketones (excluding diaryl/α,β-unsaturated/α-hetero) is 1. The SMILES string of the molecule is CC(=O)C(OOCC(O)CO)OOCC(O)CO. The van der Waals surface area contributed by atoms with Gasteiger partial charge in [-0.2, -0.15) is 9.78 Å². The fraction of sp³-hybridized carbons (Fsp3) is 0.889. The highest BCUT2D eigenvalue weighted by molar-refractivity contribution is 5.78. The molecule has 0 aromatic heterocycles. The second-order valence-electron chi connectivity index (χ2n) is 3.38. The molecule has 9 nitrogen and oxygen atoms in total. The summed E-state index contributed by atoms with van der Waals surface area (Å²) in [6.45, 7) is -0.615. The average molecular weight is 270 g/mol. The van der Waals surface area contributed by atoms with Crippen molar-refractivity contribution in [1.29, 1.82) is 0 Å². The lowest BCUT2D eigenvalue weighted by atomic mass is 10.4. The van der Waals surface area contributed by atoms with E-state index in [9.17, 15) is 4.79 Å². The largest absolute Gasteiger partial charge is 0.394 e. The Balaban J connectivity index is 3.82. The second kappa shape index (κ2) is 10.3. The summed E-state index contributed by atoms with van der Waals surface area (Å²) < 4.78 is 0. The maximum atomic E-state index is 11.0. The molecule has 0 saturated carbocycles. The van der Waals surface area contributed by atoms with Gasteiger partial charge >= 0.3 is 0 Å². The topological polar surface area (TPSA) is 135 Å². The molecule has 108 valence electrons. The van der Waals surface area contributed by atoms with Gasteiger partial charge in [-0.25, -0.2) is 9.78 Å². The van der Waals surface area contributed by atoms with Gasteiger partial charge < -0.3 is 20.4 Å². The van der Waals surface area contributed by atoms with Gasteiger partial charge in [-0.05, 0) is 6.92 Å². The van der Waals surface area contributed by atoms with Crippen molar-refractivity contribution in [3.8, 4) is 0 Å². The molecule has 0 spiro atoms. The first-order valence-electron chi connectivity index (χ1n) is 5.16. The van der Waals surface area contributed by atoms with Crippen molar-refractivity contribution >= 4 is 5.78 Å². The molecule has 0 aromatic rings. The summed E-state index contributed by atoms with van der Waals surface area (Å²) in [5, 5.41) is 34.8. The van der Waals surface area contributed by atoms with Crippen LogP contribution in [0.3, 0.4) is 0 Å². The van der Waals surface area contributed by atoms with E-state index in [0.717, 1.165) is 6.92 Å². The molecule has 4 N–H and O–H groups in total. The number of rotatable bonds is 11. The Labute approximate surface area is 103 Å². The summed E-state index contributed by atoms with van der Waals surface area (Å²) in [6.07, 6.45) is -3.79. The summed E-state index contributed by atoms with van der Waals surface area (Å²) in [5.41, 5.74) is 0. The Morgan fingerprint density at radius 3 is 1.67 bits per heavy atom. The molecule has 0 saturated heterocycles. The van der Waals surface area contributed by atoms with Crippen molar-refractivity contribution in [2.75, 3.05) is 26.4 Å². The van der Waals surface area contributed by atoms with Gasteiger partial charge in [0.1, 0.15) is 25.4 Å². The summed E-state index contributed by atoms with van der Waals surface area (Å²) in [6, 6.07) is 0. The molecule has 9 heteroatoms. The van der Waals surface area contributed by atoms with E-state index in [1.807, 2.05) is 0 Å². The molecule has 0 rings (SSSR count). The zero-order chi connectivity index (χ0) is 14.0. The monoisotopic (exact) mass is 270 g/mol. The van der Waals surface area contributed by atoms with E-state index in [4.69, 9.17) is 20.4 Å². The van der Waals surface area contributed by atoms with E-state index in [2.05, 4.69) is 19.6 Å². The third-order valence-corrected chi connectivity index (χ3v) is 1.59. The summed E-state index contributed by atoms with van der Waals surface area (Å²) in [7, 11) is 0. The van der Waals surface area contributed by atoms with Crippen molar-refractivity contribution in [3.63, 3.8) is 0 Å². The molecule has 2 atom stereocenters. The quantitative estimate of drug-likeness (QED) is 0.182. The number of hydrogen-bond donors (Lipinski definition) is 4. The molecule has 0 heterocycles. The van der Waals surface area contributed by atoms with Crippen molar-refractivity contribution in [2.24, 2.45) is 0 Å². The van der Waals surface area contributed by atoms with Crippen LogP contribution >= 0.6 is 0 Å². The first-order valence-corrected chi connectivity index (χ1v) is 5.16. The van der Waals surface area contributed by atoms with E-state index in [1.165, 1.54) is 0 Å². The van der Waals surface area contributed by atoms with Gasteiger partial charge in [-0.3, -0.25) is 4.79 Å². The molecule has 18 heavy (non-hydrogen) atoms. The minimum Gasteiger partial charge on any atom is -0.394 e. The van der Waals surface area contributed by atoms with Gasteiger partial charge in [-0.15, -0.1) is 0 Å². The van der Waals surface area contributed by atoms with E-state index in [-0.39, 0.29) is 13.2 Å². The van der Waals surface area contributed by atoms with Crippen LogP contribution in [0.1, 0.15) is 6.92 Å². The Hall–Kier alpha value is -0.650. The molecular formula is C9H18O9. The Morgan fingerprint density at radius 2 is 1.39 bits per heavy atom. The Bertz CT molecular complexity index is 206. The maximum Gasteiger partial charge on any atom is 0.281 e. The highest BCUT2D eigenvalue weighted by Crippen LogP contribution is 2.00. The van der Waals surface area contributed by atoms with Gasteiger partial charge in [0.15, 0.2) is 5.78 Å². The van der Waals surface area contributed by atoms with Crippen LogP contribution in [0, 0.1) is 0 Å². The van der Waals surface area contributed by atoms with E-state index in [0.29, 0.717) is 0 Å². The first-order chi connectivity index (χ1) is 8.51. The minimum atomic E-state index is -1.50. The van der Waals surface area contributed by atoms with Gasteiger partial charge in [0, 0.05) is 0 Å². The predicted molar refractivity (Wildman–Crippen MR) is 54.7 cm³/mol. The van der Waals surface area contributed by atoms with Crippen LogP contribution in [-0.2, 0) is 24.3 Å². The lowest BCUT2D eigenvalue weighted by molar-refractivity contribution is -0.452. The van der Waals surface area contributed by atoms with Gasteiger partial charge in [0.25, 0.3) is 6.29 Å². The maximum absolute atomic E-state index is 11.0. The van der Waals surface area contributed by atoms with Crippen LogP contribution in [0.25, 0.3) is 0 Å². The molecule has 2 unspecified atom stereocenters. The molecular weight excluding hydrogens is 252 g/mol. The molecule has 0 aromatic carbocycles. The van der Waals surface area contributed by atoms with E-state index >= 15 is 0 Å². The molecule has 0 bridgehead atoms. The van der Waals surface area contributed by atoms with Gasteiger partial charge in [0.2, 0.25) is 0 Å². The van der Waals surface area contributed by atoms with Crippen molar-refractivity contribution in [2.45, 2.75) is 25.4 Å². The number of aliphatic hydroxyl groups excluding tert-OH is 4. The predicted octanol–water partition coefficient (Wildman–Crippen LogP) is -2.50.